The van der Waals surface area contributed by atoms with Crippen molar-refractivity contribution >= 4 is 11.2 Å². The van der Waals surface area contributed by atoms with Gasteiger partial charge in [-0.25, -0.2) is 9.97 Å². The van der Waals surface area contributed by atoms with Gasteiger partial charge in [-0.1, -0.05) is 0 Å². The maximum Gasteiger partial charge on any atom is 0.245 e. The van der Waals surface area contributed by atoms with Gasteiger partial charge in [0.25, 0.3) is 0 Å². The molecule has 0 aliphatic carbocycles. The predicted octanol–water partition coefficient (Wildman–Crippen LogP) is 1.30. The van der Waals surface area contributed by atoms with Crippen LogP contribution in [-0.2, 0) is 13.6 Å². The van der Waals surface area contributed by atoms with E-state index in [4.69, 9.17) is 9.72 Å². The van der Waals surface area contributed by atoms with Crippen LogP contribution in [0.15, 0.2) is 12.5 Å². The Labute approximate surface area is 139 Å². The number of rotatable bonds is 4. The Bertz CT molecular complexity index is 876. The maximum atomic E-state index is 6.04. The Kier molecular flexibility index (Phi) is 3.68. The minimum atomic E-state index is 0.137. The molecule has 0 amide bonds. The molecule has 1 unspecified atom stereocenters. The summed E-state index contributed by atoms with van der Waals surface area (Å²) in [6, 6.07) is 0. The Morgan fingerprint density at radius 3 is 2.96 bits per heavy atom. The van der Waals surface area contributed by atoms with E-state index in [-0.39, 0.29) is 6.10 Å². The fraction of sp³-hybridized carbons (Fsp3) is 0.500. The van der Waals surface area contributed by atoms with Crippen molar-refractivity contribution in [2.75, 3.05) is 13.1 Å². The Hall–Kier alpha value is -2.48. The van der Waals surface area contributed by atoms with Gasteiger partial charge in [0.1, 0.15) is 18.3 Å². The number of hydrogen-bond acceptors (Lipinski definition) is 6. The summed E-state index contributed by atoms with van der Waals surface area (Å²) in [6.07, 6.45) is 4.51. The lowest BCUT2D eigenvalue weighted by Crippen LogP contribution is -2.20. The standard InChI is InChI=1S/C16H21N7O/c1-4-23-10(2)12(8-20-23)14-21-13-15(22(14)3)18-9-19-16(13)24-11-5-6-17-7-11/h8-9,11,17H,4-7H2,1-3H3. The molecule has 1 fully saturated rings. The molecule has 3 aromatic rings. The zero-order valence-corrected chi connectivity index (χ0v) is 14.2. The van der Waals surface area contributed by atoms with Crippen LogP contribution in [0.25, 0.3) is 22.6 Å². The second kappa shape index (κ2) is 5.86. The van der Waals surface area contributed by atoms with E-state index < -0.39 is 0 Å². The maximum absolute atomic E-state index is 6.04. The number of nitrogens with one attached hydrogen (secondary N) is 1. The average molecular weight is 327 g/mol. The molecule has 3 aromatic heterocycles. The first-order chi connectivity index (χ1) is 11.7. The van der Waals surface area contributed by atoms with Crippen molar-refractivity contribution in [2.45, 2.75) is 32.9 Å². The molecule has 1 N–H and O–H groups in total. The molecule has 0 spiro atoms. The highest BCUT2D eigenvalue weighted by Crippen LogP contribution is 2.29. The van der Waals surface area contributed by atoms with Gasteiger partial charge in [-0.2, -0.15) is 10.1 Å². The molecule has 0 aromatic carbocycles. The van der Waals surface area contributed by atoms with E-state index in [9.17, 15) is 0 Å². The largest absolute Gasteiger partial charge is 0.471 e. The van der Waals surface area contributed by atoms with Gasteiger partial charge >= 0.3 is 0 Å². The van der Waals surface area contributed by atoms with E-state index in [1.54, 1.807) is 0 Å². The van der Waals surface area contributed by atoms with E-state index in [0.717, 1.165) is 48.8 Å². The molecular weight excluding hydrogens is 306 g/mol. The van der Waals surface area contributed by atoms with Gasteiger partial charge in [0.05, 0.1) is 11.8 Å². The van der Waals surface area contributed by atoms with E-state index in [1.165, 1.54) is 6.33 Å². The summed E-state index contributed by atoms with van der Waals surface area (Å²) in [4.78, 5) is 13.5. The number of hydrogen-bond donors (Lipinski definition) is 1. The molecule has 126 valence electrons. The van der Waals surface area contributed by atoms with Crippen molar-refractivity contribution in [3.8, 4) is 17.3 Å². The van der Waals surface area contributed by atoms with Crippen LogP contribution in [0.1, 0.15) is 19.0 Å². The zero-order chi connectivity index (χ0) is 16.7. The lowest BCUT2D eigenvalue weighted by molar-refractivity contribution is 0.216. The molecule has 4 heterocycles. The molecule has 1 atom stereocenters. The molecule has 1 aliphatic rings. The van der Waals surface area contributed by atoms with Crippen LogP contribution in [0.3, 0.4) is 0 Å². The van der Waals surface area contributed by atoms with Gasteiger partial charge < -0.3 is 14.6 Å². The van der Waals surface area contributed by atoms with E-state index in [0.29, 0.717) is 11.4 Å². The van der Waals surface area contributed by atoms with E-state index in [2.05, 4.69) is 34.2 Å². The minimum absolute atomic E-state index is 0.137. The summed E-state index contributed by atoms with van der Waals surface area (Å²) in [7, 11) is 1.96. The molecule has 8 nitrogen and oxygen atoms in total. The number of ether oxygens (including phenoxy) is 1. The van der Waals surface area contributed by atoms with Gasteiger partial charge in [0.15, 0.2) is 11.2 Å². The van der Waals surface area contributed by atoms with Crippen LogP contribution in [-0.4, -0.2) is 48.5 Å². The summed E-state index contributed by atoms with van der Waals surface area (Å²) in [5.74, 6) is 1.38. The third-order valence-electron chi connectivity index (χ3n) is 4.56. The molecule has 1 saturated heterocycles. The second-order valence-corrected chi connectivity index (χ2v) is 6.04. The number of aryl methyl sites for hydroxylation is 2. The first-order valence-corrected chi connectivity index (χ1v) is 8.26. The van der Waals surface area contributed by atoms with Crippen molar-refractivity contribution in [1.29, 1.82) is 0 Å². The van der Waals surface area contributed by atoms with Crippen molar-refractivity contribution in [2.24, 2.45) is 7.05 Å². The van der Waals surface area contributed by atoms with Crippen LogP contribution in [0, 0.1) is 6.92 Å². The van der Waals surface area contributed by atoms with Crippen molar-refractivity contribution < 1.29 is 4.74 Å². The summed E-state index contributed by atoms with van der Waals surface area (Å²) < 4.78 is 9.97. The first kappa shape index (κ1) is 15.1. The molecule has 0 saturated carbocycles. The summed E-state index contributed by atoms with van der Waals surface area (Å²) >= 11 is 0. The highest BCUT2D eigenvalue weighted by Gasteiger charge is 2.22. The number of fused-ring (bicyclic) bond motifs is 1. The SMILES string of the molecule is CCn1ncc(-c2nc3c(OC4CCNC4)ncnc3n2C)c1C. The molecule has 0 radical (unpaired) electrons. The Balaban J connectivity index is 1.80. The molecular formula is C16H21N7O. The van der Waals surface area contributed by atoms with Crippen LogP contribution in [0.4, 0.5) is 0 Å². The monoisotopic (exact) mass is 327 g/mol. The van der Waals surface area contributed by atoms with Crippen molar-refractivity contribution in [3.05, 3.63) is 18.2 Å². The van der Waals surface area contributed by atoms with Gasteiger partial charge in [-0.15, -0.1) is 0 Å². The second-order valence-electron chi connectivity index (χ2n) is 6.04. The quantitative estimate of drug-likeness (QED) is 0.778. The Morgan fingerprint density at radius 2 is 2.25 bits per heavy atom. The van der Waals surface area contributed by atoms with Crippen molar-refractivity contribution in [3.63, 3.8) is 0 Å². The lowest BCUT2D eigenvalue weighted by atomic mass is 10.2. The van der Waals surface area contributed by atoms with Crippen molar-refractivity contribution in [1.82, 2.24) is 34.6 Å². The number of imidazole rings is 1. The topological polar surface area (TPSA) is 82.7 Å². The van der Waals surface area contributed by atoms with Gasteiger partial charge in [0, 0.05) is 25.8 Å². The lowest BCUT2D eigenvalue weighted by Gasteiger charge is -2.10. The summed E-state index contributed by atoms with van der Waals surface area (Å²) in [5.41, 5.74) is 3.56. The van der Waals surface area contributed by atoms with Crippen LogP contribution >= 0.6 is 0 Å². The van der Waals surface area contributed by atoms with Crippen LogP contribution < -0.4 is 10.1 Å². The average Bonchev–Trinajstić information content (AvgIpc) is 3.29. The Morgan fingerprint density at radius 1 is 1.38 bits per heavy atom. The highest BCUT2D eigenvalue weighted by molar-refractivity contribution is 5.81. The summed E-state index contributed by atoms with van der Waals surface area (Å²) in [6.45, 7) is 6.78. The first-order valence-electron chi connectivity index (χ1n) is 8.26. The van der Waals surface area contributed by atoms with Gasteiger partial charge in [-0.05, 0) is 26.8 Å². The molecule has 4 rings (SSSR count). The molecule has 8 heteroatoms. The molecule has 1 aliphatic heterocycles. The number of nitrogens with zero attached hydrogens (tertiary/aromatic N) is 6. The van der Waals surface area contributed by atoms with Crippen LogP contribution in [0.5, 0.6) is 5.88 Å². The third kappa shape index (κ3) is 2.34. The smallest absolute Gasteiger partial charge is 0.245 e. The zero-order valence-electron chi connectivity index (χ0n) is 14.2. The van der Waals surface area contributed by atoms with E-state index >= 15 is 0 Å². The third-order valence-corrected chi connectivity index (χ3v) is 4.56. The normalized spacial score (nSPS) is 17.7. The number of aromatic nitrogens is 6. The molecule has 0 bridgehead atoms. The predicted molar refractivity (Wildman–Crippen MR) is 89.8 cm³/mol. The highest BCUT2D eigenvalue weighted by atomic mass is 16.5. The minimum Gasteiger partial charge on any atom is -0.471 e. The van der Waals surface area contributed by atoms with Gasteiger partial charge in [0.2, 0.25) is 5.88 Å². The van der Waals surface area contributed by atoms with Crippen LogP contribution in [0.2, 0.25) is 0 Å². The summed E-state index contributed by atoms with van der Waals surface area (Å²) in [5, 5.41) is 7.71. The fourth-order valence-corrected chi connectivity index (χ4v) is 3.18. The molecule has 24 heavy (non-hydrogen) atoms. The van der Waals surface area contributed by atoms with Gasteiger partial charge in [-0.3, -0.25) is 4.68 Å². The fourth-order valence-electron chi connectivity index (χ4n) is 3.18. The van der Waals surface area contributed by atoms with E-state index in [1.807, 2.05) is 22.5 Å².